The predicted octanol–water partition coefficient (Wildman–Crippen LogP) is 6.61. The zero-order valence-electron chi connectivity index (χ0n) is 18.3. The Balaban J connectivity index is 1.66. The highest BCUT2D eigenvalue weighted by Gasteiger charge is 2.46. The number of hydrogen-bond acceptors (Lipinski definition) is 2. The molecule has 2 aromatic carbocycles. The smallest absolute Gasteiger partial charge is 0.301 e. The number of nitrogens with zero attached hydrogens (tertiary/aromatic N) is 2. The Hall–Kier alpha value is -2.32. The molecule has 1 unspecified atom stereocenters. The van der Waals surface area contributed by atoms with Crippen LogP contribution in [-0.4, -0.2) is 24.0 Å². The largest absolute Gasteiger partial charge is 0.416 e. The molecule has 0 N–H and O–H groups in total. The predicted molar refractivity (Wildman–Crippen MR) is 118 cm³/mol. The van der Waals surface area contributed by atoms with Crippen LogP contribution in [0.15, 0.2) is 54.6 Å². The molecule has 0 aliphatic heterocycles. The highest BCUT2D eigenvalue weighted by Crippen LogP contribution is 2.50. The fraction of sp³-hybridized carbons (Fsp3) is 0.500. The fourth-order valence-corrected chi connectivity index (χ4v) is 4.44. The van der Waals surface area contributed by atoms with E-state index in [1.54, 1.807) is 0 Å². The number of alkyl halides is 3. The molecule has 0 spiro atoms. The van der Waals surface area contributed by atoms with Gasteiger partial charge < -0.3 is 4.90 Å². The molecule has 1 fully saturated rings. The minimum absolute atomic E-state index is 0.242. The highest BCUT2D eigenvalue weighted by atomic mass is 19.4. The van der Waals surface area contributed by atoms with Gasteiger partial charge in [-0.1, -0.05) is 42.5 Å². The van der Waals surface area contributed by atoms with Gasteiger partial charge in [0, 0.05) is 12.6 Å². The van der Waals surface area contributed by atoms with Crippen LogP contribution in [0.1, 0.15) is 56.2 Å². The Kier molecular flexibility index (Phi) is 7.43. The minimum atomic E-state index is -4.36. The van der Waals surface area contributed by atoms with E-state index in [0.29, 0.717) is 12.5 Å². The van der Waals surface area contributed by atoms with E-state index in [9.17, 15) is 18.4 Å². The minimum Gasteiger partial charge on any atom is -0.301 e. The molecule has 1 aliphatic carbocycles. The number of hydrogen-bond donors (Lipinski definition) is 0. The van der Waals surface area contributed by atoms with Gasteiger partial charge in [0.2, 0.25) is 0 Å². The lowest BCUT2D eigenvalue weighted by atomic mass is 9.73. The second-order valence-electron chi connectivity index (χ2n) is 8.90. The van der Waals surface area contributed by atoms with Crippen LogP contribution in [0.4, 0.5) is 13.2 Å². The van der Waals surface area contributed by atoms with Crippen molar-refractivity contribution < 1.29 is 13.2 Å². The molecule has 0 bridgehead atoms. The molecule has 0 radical (unpaired) electrons. The normalized spacial score (nSPS) is 16.3. The molecule has 5 heteroatoms. The summed E-state index contributed by atoms with van der Waals surface area (Å²) >= 11 is 0. The summed E-state index contributed by atoms with van der Waals surface area (Å²) in [6, 6.07) is 18.6. The van der Waals surface area contributed by atoms with Crippen molar-refractivity contribution in [2.45, 2.75) is 63.6 Å². The molecule has 31 heavy (non-hydrogen) atoms. The van der Waals surface area contributed by atoms with Crippen molar-refractivity contribution in [2.75, 3.05) is 13.1 Å². The van der Waals surface area contributed by atoms with Gasteiger partial charge in [0.25, 0.3) is 0 Å². The molecule has 1 aliphatic rings. The molecule has 0 amide bonds. The summed E-state index contributed by atoms with van der Waals surface area (Å²) in [6.45, 7) is 6.19. The Morgan fingerprint density at radius 2 is 1.58 bits per heavy atom. The topological polar surface area (TPSA) is 27.0 Å². The van der Waals surface area contributed by atoms with Crippen molar-refractivity contribution in [3.8, 4) is 6.07 Å². The molecular weight excluding hydrogens is 397 g/mol. The van der Waals surface area contributed by atoms with Crippen LogP contribution in [0.5, 0.6) is 0 Å². The quantitative estimate of drug-likeness (QED) is 0.426. The first kappa shape index (κ1) is 23.3. The van der Waals surface area contributed by atoms with Gasteiger partial charge in [0.1, 0.15) is 0 Å². The maximum Gasteiger partial charge on any atom is 0.416 e. The Morgan fingerprint density at radius 3 is 2.10 bits per heavy atom. The lowest BCUT2D eigenvalue weighted by molar-refractivity contribution is -0.137. The van der Waals surface area contributed by atoms with Gasteiger partial charge in [0.15, 0.2) is 0 Å². The van der Waals surface area contributed by atoms with Crippen molar-refractivity contribution in [2.24, 2.45) is 5.92 Å². The Bertz CT molecular complexity index is 864. The third-order valence-electron chi connectivity index (χ3n) is 6.48. The van der Waals surface area contributed by atoms with Crippen molar-refractivity contribution in [3.63, 3.8) is 0 Å². The molecular formula is C26H31F3N2. The van der Waals surface area contributed by atoms with Crippen LogP contribution < -0.4 is 0 Å². The van der Waals surface area contributed by atoms with Gasteiger partial charge in [-0.05, 0) is 81.7 Å². The van der Waals surface area contributed by atoms with Gasteiger partial charge in [-0.2, -0.15) is 18.4 Å². The van der Waals surface area contributed by atoms with Crippen LogP contribution in [0.25, 0.3) is 0 Å². The van der Waals surface area contributed by atoms with Crippen LogP contribution in [0, 0.1) is 17.2 Å². The maximum absolute atomic E-state index is 13.0. The number of benzene rings is 2. The van der Waals surface area contributed by atoms with Crippen LogP contribution in [0.3, 0.4) is 0 Å². The number of rotatable bonds is 10. The monoisotopic (exact) mass is 428 g/mol. The molecule has 0 aromatic heterocycles. The van der Waals surface area contributed by atoms with Crippen molar-refractivity contribution >= 4 is 0 Å². The first-order chi connectivity index (χ1) is 14.8. The van der Waals surface area contributed by atoms with E-state index < -0.39 is 17.2 Å². The number of halogens is 3. The highest BCUT2D eigenvalue weighted by molar-refractivity contribution is 5.38. The van der Waals surface area contributed by atoms with Gasteiger partial charge in [-0.3, -0.25) is 0 Å². The molecule has 0 heterocycles. The molecule has 166 valence electrons. The summed E-state index contributed by atoms with van der Waals surface area (Å²) in [7, 11) is 0. The Morgan fingerprint density at radius 1 is 0.968 bits per heavy atom. The van der Waals surface area contributed by atoms with Crippen molar-refractivity contribution in [3.05, 3.63) is 71.3 Å². The first-order valence-electron chi connectivity index (χ1n) is 11.1. The summed E-state index contributed by atoms with van der Waals surface area (Å²) in [5.74, 6) is 0.242. The van der Waals surface area contributed by atoms with E-state index in [1.807, 2.05) is 6.07 Å². The van der Waals surface area contributed by atoms with E-state index in [0.717, 1.165) is 56.5 Å². The summed E-state index contributed by atoms with van der Waals surface area (Å²) in [5, 5.41) is 10.1. The second kappa shape index (κ2) is 9.87. The van der Waals surface area contributed by atoms with Gasteiger partial charge in [-0.25, -0.2) is 0 Å². The summed E-state index contributed by atoms with van der Waals surface area (Å²) in [6.07, 6.45) is 0.0764. The fourth-order valence-electron chi connectivity index (χ4n) is 4.44. The molecule has 1 saturated carbocycles. The third kappa shape index (κ3) is 5.89. The average molecular weight is 429 g/mol. The van der Waals surface area contributed by atoms with Gasteiger partial charge in [-0.15, -0.1) is 0 Å². The van der Waals surface area contributed by atoms with E-state index in [4.69, 9.17) is 0 Å². The van der Waals surface area contributed by atoms with E-state index in [2.05, 4.69) is 49.1 Å². The molecule has 2 aromatic rings. The standard InChI is InChI=1S/C26H31F3N2/c1-20(2)31(18-15-21-7-4-3-5-8-21)17-6-16-25(19-30,22-9-10-22)23-11-13-24(14-12-23)26(27,28)29/h3-5,7-8,11-14,20,22H,6,9-10,15-18H2,1-2H3. The summed E-state index contributed by atoms with van der Waals surface area (Å²) < 4.78 is 38.9. The van der Waals surface area contributed by atoms with Crippen molar-refractivity contribution in [1.29, 1.82) is 5.26 Å². The Labute approximate surface area is 183 Å². The van der Waals surface area contributed by atoms with Crippen molar-refractivity contribution in [1.82, 2.24) is 4.90 Å². The van der Waals surface area contributed by atoms with E-state index in [1.165, 1.54) is 17.7 Å². The third-order valence-corrected chi connectivity index (χ3v) is 6.48. The molecule has 1 atom stereocenters. The lowest BCUT2D eigenvalue weighted by Gasteiger charge is -2.31. The van der Waals surface area contributed by atoms with E-state index in [-0.39, 0.29) is 5.92 Å². The zero-order chi connectivity index (χ0) is 22.5. The maximum atomic E-state index is 13.0. The molecule has 0 saturated heterocycles. The summed E-state index contributed by atoms with van der Waals surface area (Å²) in [4.78, 5) is 2.43. The van der Waals surface area contributed by atoms with Crippen LogP contribution in [-0.2, 0) is 18.0 Å². The number of nitriles is 1. The first-order valence-corrected chi connectivity index (χ1v) is 11.1. The SMILES string of the molecule is CC(C)N(CCCC(C#N)(c1ccc(C(F)(F)F)cc1)C1CC1)CCc1ccccc1. The average Bonchev–Trinajstić information content (AvgIpc) is 3.59. The zero-order valence-corrected chi connectivity index (χ0v) is 18.3. The van der Waals surface area contributed by atoms with Gasteiger partial charge in [0.05, 0.1) is 17.0 Å². The molecule has 2 nitrogen and oxygen atoms in total. The lowest BCUT2D eigenvalue weighted by Crippen LogP contribution is -2.35. The second-order valence-corrected chi connectivity index (χ2v) is 8.90. The summed E-state index contributed by atoms with van der Waals surface area (Å²) in [5.41, 5.74) is 0.686. The van der Waals surface area contributed by atoms with E-state index >= 15 is 0 Å². The van der Waals surface area contributed by atoms with Crippen LogP contribution >= 0.6 is 0 Å². The van der Waals surface area contributed by atoms with Crippen LogP contribution in [0.2, 0.25) is 0 Å². The molecule has 3 rings (SSSR count). The van der Waals surface area contributed by atoms with Gasteiger partial charge >= 0.3 is 6.18 Å².